The maximum Gasteiger partial charge on any atom is 0.256 e. The quantitative estimate of drug-likeness (QED) is 0.419. The van der Waals surface area contributed by atoms with Gasteiger partial charge in [0.05, 0.1) is 0 Å². The van der Waals surface area contributed by atoms with E-state index in [2.05, 4.69) is 36.0 Å². The molecular weight excluding hydrogens is 405 g/mol. The number of hydrogen-bond donors (Lipinski definition) is 0. The average Bonchev–Trinajstić information content (AvgIpc) is 1.93. The van der Waals surface area contributed by atoms with Crippen molar-refractivity contribution in [2.24, 2.45) is 13.5 Å². The van der Waals surface area contributed by atoms with Gasteiger partial charge in [-0.05, 0) is 66.9 Å². The largest absolute Gasteiger partial charge is 0.256 e. The number of rotatable bonds is 3. The van der Waals surface area contributed by atoms with E-state index >= 15 is 0 Å². The summed E-state index contributed by atoms with van der Waals surface area (Å²) in [6, 6.07) is 0. The molecule has 90 valence electrons. The fourth-order valence-electron chi connectivity index (χ4n) is 0.962. The Morgan fingerprint density at radius 2 is 1.53 bits per heavy atom. The van der Waals surface area contributed by atoms with Crippen LogP contribution in [0.15, 0.2) is 13.5 Å². The fraction of sp³-hybridized carbons (Fsp3) is 1.00. The van der Waals surface area contributed by atoms with Gasteiger partial charge in [0.25, 0.3) is 11.8 Å². The minimum absolute atomic E-state index is 0.779. The lowest BCUT2D eigenvalue weighted by Gasteiger charge is -2.21. The monoisotopic (exact) mass is 411 g/mol. The Hall–Kier alpha value is 2.33. The zero-order chi connectivity index (χ0) is 11.7. The highest BCUT2D eigenvalue weighted by Crippen LogP contribution is 2.87. The summed E-state index contributed by atoms with van der Waals surface area (Å²) in [4.78, 5) is 0. The molecule has 1 heterocycles. The second-order valence-electron chi connectivity index (χ2n) is 2.90. The van der Waals surface area contributed by atoms with Gasteiger partial charge in [-0.2, -0.15) is 4.52 Å². The normalized spacial score (nSPS) is 32.4. The van der Waals surface area contributed by atoms with Crippen LogP contribution >= 0.6 is 78.2 Å². The van der Waals surface area contributed by atoms with Gasteiger partial charge in [0.15, 0.2) is 0 Å². The standard InChI is InChI=1S/C4H9BrCl4N3P3/c1-2-3-4-13(5)10-14(6,7)12-15(8,9)11-13/h2-4H2,1H3. The Labute approximate surface area is 117 Å². The Bertz CT molecular complexity index is 402. The van der Waals surface area contributed by atoms with Crippen molar-refractivity contribution in [1.29, 1.82) is 0 Å². The lowest BCUT2D eigenvalue weighted by atomic mass is 10.4. The topological polar surface area (TPSA) is 37.1 Å². The van der Waals surface area contributed by atoms with Gasteiger partial charge in [-0.15, -0.1) is 0 Å². The molecule has 1 atom stereocenters. The third kappa shape index (κ3) is 5.23. The van der Waals surface area contributed by atoms with Crippen molar-refractivity contribution in [2.45, 2.75) is 19.8 Å². The Morgan fingerprint density at radius 3 is 2.00 bits per heavy atom. The van der Waals surface area contributed by atoms with E-state index in [1.54, 1.807) is 0 Å². The van der Waals surface area contributed by atoms with Crippen LogP contribution in [-0.2, 0) is 0 Å². The zero-order valence-corrected chi connectivity index (χ0v) is 15.0. The SMILES string of the molecule is CCCCP1(Br)=NP(Cl)(Cl)=NP(Cl)(Cl)=N1. The first-order valence-electron chi connectivity index (χ1n) is 4.07. The molecule has 0 fully saturated rings. The summed E-state index contributed by atoms with van der Waals surface area (Å²) in [6.45, 7) is 2.08. The van der Waals surface area contributed by atoms with Gasteiger partial charge in [-0.3, -0.25) is 0 Å². The minimum atomic E-state index is -2.73. The maximum absolute atomic E-state index is 5.96. The van der Waals surface area contributed by atoms with Gasteiger partial charge >= 0.3 is 0 Å². The van der Waals surface area contributed by atoms with Crippen LogP contribution in [0.25, 0.3) is 0 Å². The smallest absolute Gasteiger partial charge is 0.203 e. The molecule has 0 amide bonds. The molecule has 1 rings (SSSR count). The maximum atomic E-state index is 5.96. The van der Waals surface area contributed by atoms with E-state index in [1.165, 1.54) is 0 Å². The highest BCUT2D eigenvalue weighted by Gasteiger charge is 2.31. The molecular formula is C4H9BrCl4N3P3. The van der Waals surface area contributed by atoms with Crippen LogP contribution in [-0.4, -0.2) is 6.16 Å². The van der Waals surface area contributed by atoms with Gasteiger partial charge < -0.3 is 0 Å². The lowest BCUT2D eigenvalue weighted by molar-refractivity contribution is 0.891. The zero-order valence-electron chi connectivity index (χ0n) is 7.69. The number of halogens is 5. The van der Waals surface area contributed by atoms with Crippen LogP contribution in [0, 0.1) is 0 Å². The lowest BCUT2D eigenvalue weighted by Crippen LogP contribution is -1.81. The Kier molecular flexibility index (Phi) is 5.68. The summed E-state index contributed by atoms with van der Waals surface area (Å²) < 4.78 is 12.4. The van der Waals surface area contributed by atoms with Crippen molar-refractivity contribution in [3.05, 3.63) is 0 Å². The van der Waals surface area contributed by atoms with Crippen molar-refractivity contribution in [1.82, 2.24) is 0 Å². The second kappa shape index (κ2) is 5.54. The van der Waals surface area contributed by atoms with Gasteiger partial charge in [-0.25, -0.2) is 9.03 Å². The third-order valence-corrected chi connectivity index (χ3v) is 16.5. The van der Waals surface area contributed by atoms with E-state index in [9.17, 15) is 0 Å². The Balaban J connectivity index is 3.18. The average molecular weight is 414 g/mol. The minimum Gasteiger partial charge on any atom is -0.203 e. The summed E-state index contributed by atoms with van der Waals surface area (Å²) >= 11 is 27.3. The van der Waals surface area contributed by atoms with Crippen LogP contribution in [0.3, 0.4) is 0 Å². The van der Waals surface area contributed by atoms with E-state index in [1.807, 2.05) is 0 Å². The van der Waals surface area contributed by atoms with Crippen molar-refractivity contribution in [2.75, 3.05) is 6.16 Å². The molecule has 0 aromatic carbocycles. The first-order chi connectivity index (χ1) is 6.68. The molecule has 0 aliphatic carbocycles. The third-order valence-electron chi connectivity index (χ3n) is 1.50. The molecule has 0 bridgehead atoms. The van der Waals surface area contributed by atoms with Gasteiger partial charge in [-0.1, -0.05) is 13.3 Å². The summed E-state index contributed by atoms with van der Waals surface area (Å²) in [5.74, 6) is -7.55. The van der Waals surface area contributed by atoms with E-state index in [0.29, 0.717) is 0 Å². The molecule has 1 unspecified atom stereocenters. The molecule has 1 aliphatic heterocycles. The molecule has 1 aliphatic rings. The molecule has 0 saturated heterocycles. The molecule has 11 heteroatoms. The molecule has 15 heavy (non-hydrogen) atoms. The van der Waals surface area contributed by atoms with Crippen LogP contribution in [0.2, 0.25) is 0 Å². The summed E-state index contributed by atoms with van der Waals surface area (Å²) in [7, 11) is 0. The first-order valence-corrected chi connectivity index (χ1v) is 15.0. The van der Waals surface area contributed by atoms with E-state index < -0.39 is 17.7 Å². The van der Waals surface area contributed by atoms with Crippen LogP contribution < -0.4 is 0 Å². The predicted octanol–water partition coefficient (Wildman–Crippen LogP) is 8.07. The van der Waals surface area contributed by atoms with Crippen LogP contribution in [0.5, 0.6) is 0 Å². The first kappa shape index (κ1) is 15.4. The van der Waals surface area contributed by atoms with E-state index in [4.69, 9.17) is 45.0 Å². The molecule has 0 spiro atoms. The molecule has 0 N–H and O–H groups in total. The Morgan fingerprint density at radius 1 is 1.00 bits per heavy atom. The second-order valence-corrected chi connectivity index (χ2v) is 18.7. The number of unbranched alkanes of at least 4 members (excludes halogenated alkanes) is 1. The summed E-state index contributed by atoms with van der Waals surface area (Å²) in [6.07, 6.45) is 2.80. The summed E-state index contributed by atoms with van der Waals surface area (Å²) in [5, 5.41) is 0. The highest BCUT2D eigenvalue weighted by atomic mass is 79.9. The summed E-state index contributed by atoms with van der Waals surface area (Å²) in [5.41, 5.74) is 0. The molecule has 0 radical (unpaired) electrons. The molecule has 0 aromatic rings. The predicted molar refractivity (Wildman–Crippen MR) is 80.2 cm³/mol. The van der Waals surface area contributed by atoms with Gasteiger partial charge in [0.2, 0.25) is 0 Å². The highest BCUT2D eigenvalue weighted by molar-refractivity contribution is 9.40. The van der Waals surface area contributed by atoms with Crippen molar-refractivity contribution < 1.29 is 0 Å². The molecule has 0 saturated carbocycles. The van der Waals surface area contributed by atoms with Gasteiger partial charge in [0.1, 0.15) is 5.91 Å². The molecule has 3 nitrogen and oxygen atoms in total. The number of nitrogens with zero attached hydrogens (tertiary/aromatic N) is 3. The van der Waals surface area contributed by atoms with Crippen LogP contribution in [0.4, 0.5) is 0 Å². The van der Waals surface area contributed by atoms with E-state index in [-0.39, 0.29) is 0 Å². The van der Waals surface area contributed by atoms with Crippen molar-refractivity contribution >= 4 is 78.2 Å². The molecule has 0 aromatic heterocycles. The van der Waals surface area contributed by atoms with E-state index in [0.717, 1.165) is 19.0 Å². The van der Waals surface area contributed by atoms with Crippen LogP contribution in [0.1, 0.15) is 19.8 Å². The van der Waals surface area contributed by atoms with Gasteiger partial charge in [0, 0.05) is 6.16 Å². The number of hydrogen-bond acceptors (Lipinski definition) is 3. The fourth-order valence-corrected chi connectivity index (χ4v) is 23.6. The van der Waals surface area contributed by atoms with Crippen molar-refractivity contribution in [3.8, 4) is 0 Å². The van der Waals surface area contributed by atoms with Crippen molar-refractivity contribution in [3.63, 3.8) is 0 Å².